The summed E-state index contributed by atoms with van der Waals surface area (Å²) in [5.74, 6) is 1.80. The SMILES string of the molecule is CC(CCCC(C)c1ccc(CCl)cc1)c1ccc(CN)cc1. The lowest BCUT2D eigenvalue weighted by Crippen LogP contribution is -1.99. The highest BCUT2D eigenvalue weighted by atomic mass is 35.5. The van der Waals surface area contributed by atoms with Crippen molar-refractivity contribution in [3.63, 3.8) is 0 Å². The Morgan fingerprint density at radius 1 is 0.783 bits per heavy atom. The molecular weight excluding hydrogens is 302 g/mol. The van der Waals surface area contributed by atoms with E-state index >= 15 is 0 Å². The van der Waals surface area contributed by atoms with E-state index in [1.54, 1.807) is 0 Å². The largest absolute Gasteiger partial charge is 0.326 e. The lowest BCUT2D eigenvalue weighted by Gasteiger charge is -2.16. The van der Waals surface area contributed by atoms with Crippen molar-refractivity contribution in [2.75, 3.05) is 0 Å². The van der Waals surface area contributed by atoms with Crippen molar-refractivity contribution in [3.05, 3.63) is 70.8 Å². The van der Waals surface area contributed by atoms with Crippen LogP contribution in [0.5, 0.6) is 0 Å². The molecule has 0 bridgehead atoms. The molecule has 0 aliphatic carbocycles. The quantitative estimate of drug-likeness (QED) is 0.594. The molecule has 0 aromatic heterocycles. The molecule has 23 heavy (non-hydrogen) atoms. The smallest absolute Gasteiger partial charge is 0.0474 e. The maximum atomic E-state index is 5.85. The van der Waals surface area contributed by atoms with Gasteiger partial charge in [0, 0.05) is 12.4 Å². The second-order valence-corrected chi connectivity index (χ2v) is 6.82. The lowest BCUT2D eigenvalue weighted by molar-refractivity contribution is 0.561. The van der Waals surface area contributed by atoms with Crippen LogP contribution < -0.4 is 5.73 Å². The molecule has 2 rings (SSSR count). The van der Waals surface area contributed by atoms with Crippen LogP contribution in [0.15, 0.2) is 48.5 Å². The first kappa shape index (κ1) is 18.0. The molecular formula is C21H28ClN. The predicted molar refractivity (Wildman–Crippen MR) is 101 cm³/mol. The molecule has 0 spiro atoms. The summed E-state index contributed by atoms with van der Waals surface area (Å²) in [6, 6.07) is 17.5. The first-order valence-electron chi connectivity index (χ1n) is 8.57. The van der Waals surface area contributed by atoms with E-state index in [0.717, 1.165) is 0 Å². The molecule has 2 heteroatoms. The normalized spacial score (nSPS) is 13.7. The average molecular weight is 330 g/mol. The highest BCUT2D eigenvalue weighted by Crippen LogP contribution is 2.27. The molecule has 2 unspecified atom stereocenters. The van der Waals surface area contributed by atoms with Gasteiger partial charge in [-0.25, -0.2) is 0 Å². The van der Waals surface area contributed by atoms with E-state index in [1.807, 2.05) is 0 Å². The second kappa shape index (κ2) is 9.10. The van der Waals surface area contributed by atoms with E-state index in [1.165, 1.54) is 41.5 Å². The Labute approximate surface area is 145 Å². The van der Waals surface area contributed by atoms with Gasteiger partial charge in [0.1, 0.15) is 0 Å². The number of benzene rings is 2. The van der Waals surface area contributed by atoms with Crippen LogP contribution in [-0.4, -0.2) is 0 Å². The molecule has 0 saturated carbocycles. The molecule has 2 atom stereocenters. The standard InChI is InChI=1S/C21H28ClN/c1-16(20-10-6-18(14-22)7-11-20)4-3-5-17(2)21-12-8-19(15-23)9-13-21/h6-13,16-17H,3-5,14-15,23H2,1-2H3. The number of hydrogen-bond acceptors (Lipinski definition) is 1. The fourth-order valence-corrected chi connectivity index (χ4v) is 3.16. The van der Waals surface area contributed by atoms with Crippen LogP contribution in [0.1, 0.15) is 67.2 Å². The maximum Gasteiger partial charge on any atom is 0.0474 e. The van der Waals surface area contributed by atoms with Crippen molar-refractivity contribution in [1.29, 1.82) is 0 Å². The van der Waals surface area contributed by atoms with Gasteiger partial charge in [-0.1, -0.05) is 68.8 Å². The Kier molecular flexibility index (Phi) is 7.14. The fraction of sp³-hybridized carbons (Fsp3) is 0.429. The van der Waals surface area contributed by atoms with Gasteiger partial charge in [-0.05, 0) is 46.9 Å². The minimum absolute atomic E-state index is 0.592. The van der Waals surface area contributed by atoms with E-state index in [-0.39, 0.29) is 0 Å². The van der Waals surface area contributed by atoms with Crippen molar-refractivity contribution in [2.45, 2.75) is 57.4 Å². The van der Waals surface area contributed by atoms with E-state index in [4.69, 9.17) is 17.3 Å². The van der Waals surface area contributed by atoms with Gasteiger partial charge in [-0.2, -0.15) is 0 Å². The van der Waals surface area contributed by atoms with E-state index in [9.17, 15) is 0 Å². The summed E-state index contributed by atoms with van der Waals surface area (Å²) in [5, 5.41) is 0. The number of halogens is 1. The summed E-state index contributed by atoms with van der Waals surface area (Å²) in [5.41, 5.74) is 10.9. The van der Waals surface area contributed by atoms with Crippen molar-refractivity contribution < 1.29 is 0 Å². The summed E-state index contributed by atoms with van der Waals surface area (Å²) in [4.78, 5) is 0. The summed E-state index contributed by atoms with van der Waals surface area (Å²) < 4.78 is 0. The van der Waals surface area contributed by atoms with Crippen LogP contribution in [0.4, 0.5) is 0 Å². The minimum atomic E-state index is 0.592. The van der Waals surface area contributed by atoms with Crippen LogP contribution >= 0.6 is 11.6 Å². The van der Waals surface area contributed by atoms with Crippen LogP contribution in [0.2, 0.25) is 0 Å². The van der Waals surface area contributed by atoms with Gasteiger partial charge < -0.3 is 5.73 Å². The van der Waals surface area contributed by atoms with Gasteiger partial charge in [0.2, 0.25) is 0 Å². The van der Waals surface area contributed by atoms with Gasteiger partial charge in [-0.3, -0.25) is 0 Å². The van der Waals surface area contributed by atoms with Gasteiger partial charge in [0.25, 0.3) is 0 Å². The number of alkyl halides is 1. The Bertz CT molecular complexity index is 520. The second-order valence-electron chi connectivity index (χ2n) is 6.55. The van der Waals surface area contributed by atoms with Crippen molar-refractivity contribution in [2.24, 2.45) is 5.73 Å². The zero-order chi connectivity index (χ0) is 16.7. The predicted octanol–water partition coefficient (Wildman–Crippen LogP) is 5.96. The van der Waals surface area contributed by atoms with Crippen molar-refractivity contribution in [1.82, 2.24) is 0 Å². The maximum absolute atomic E-state index is 5.85. The molecule has 2 aromatic carbocycles. The first-order valence-corrected chi connectivity index (χ1v) is 9.11. The van der Waals surface area contributed by atoms with Gasteiger partial charge >= 0.3 is 0 Å². The Hall–Kier alpha value is -1.31. The molecule has 0 aliphatic heterocycles. The zero-order valence-electron chi connectivity index (χ0n) is 14.3. The molecule has 124 valence electrons. The summed E-state index contributed by atoms with van der Waals surface area (Å²) in [6.45, 7) is 5.25. The Morgan fingerprint density at radius 2 is 1.22 bits per heavy atom. The third kappa shape index (κ3) is 5.37. The zero-order valence-corrected chi connectivity index (χ0v) is 15.0. The highest BCUT2D eigenvalue weighted by Gasteiger charge is 2.09. The molecule has 0 saturated heterocycles. The van der Waals surface area contributed by atoms with Crippen LogP contribution in [0.3, 0.4) is 0 Å². The van der Waals surface area contributed by atoms with Crippen LogP contribution in [0, 0.1) is 0 Å². The third-order valence-electron chi connectivity index (χ3n) is 4.76. The van der Waals surface area contributed by atoms with Crippen LogP contribution in [-0.2, 0) is 12.4 Å². The van der Waals surface area contributed by atoms with Gasteiger partial charge in [0.05, 0.1) is 0 Å². The fourth-order valence-electron chi connectivity index (χ4n) is 2.98. The highest BCUT2D eigenvalue weighted by molar-refractivity contribution is 6.17. The molecule has 0 radical (unpaired) electrons. The molecule has 1 nitrogen and oxygen atoms in total. The summed E-state index contributed by atoms with van der Waals surface area (Å²) >= 11 is 5.85. The van der Waals surface area contributed by atoms with Crippen molar-refractivity contribution >= 4 is 11.6 Å². The third-order valence-corrected chi connectivity index (χ3v) is 5.07. The van der Waals surface area contributed by atoms with E-state index in [2.05, 4.69) is 62.4 Å². The number of hydrogen-bond donors (Lipinski definition) is 1. The summed E-state index contributed by atoms with van der Waals surface area (Å²) in [7, 11) is 0. The molecule has 0 heterocycles. The molecule has 0 amide bonds. The number of rotatable bonds is 8. The molecule has 2 aromatic rings. The van der Waals surface area contributed by atoms with Gasteiger partial charge in [-0.15, -0.1) is 11.6 Å². The van der Waals surface area contributed by atoms with Crippen LogP contribution in [0.25, 0.3) is 0 Å². The monoisotopic (exact) mass is 329 g/mol. The van der Waals surface area contributed by atoms with E-state index < -0.39 is 0 Å². The number of nitrogens with two attached hydrogens (primary N) is 1. The lowest BCUT2D eigenvalue weighted by atomic mass is 9.90. The van der Waals surface area contributed by atoms with Crippen molar-refractivity contribution in [3.8, 4) is 0 Å². The van der Waals surface area contributed by atoms with Gasteiger partial charge in [0.15, 0.2) is 0 Å². The molecule has 2 N–H and O–H groups in total. The first-order chi connectivity index (χ1) is 11.1. The Morgan fingerprint density at radius 3 is 1.61 bits per heavy atom. The molecule has 0 aliphatic rings. The average Bonchev–Trinajstić information content (AvgIpc) is 2.61. The Balaban J connectivity index is 1.80. The summed E-state index contributed by atoms with van der Waals surface area (Å²) in [6.07, 6.45) is 3.70. The molecule has 0 fully saturated rings. The topological polar surface area (TPSA) is 26.0 Å². The minimum Gasteiger partial charge on any atom is -0.326 e. The van der Waals surface area contributed by atoms with E-state index in [0.29, 0.717) is 24.3 Å².